The second-order valence-electron chi connectivity index (χ2n) is 7.94. The highest BCUT2D eigenvalue weighted by Gasteiger charge is 2.50. The van der Waals surface area contributed by atoms with Gasteiger partial charge in [0.15, 0.2) is 5.78 Å². The van der Waals surface area contributed by atoms with Gasteiger partial charge in [-0.3, -0.25) is 19.0 Å². The minimum absolute atomic E-state index is 0.0258. The van der Waals surface area contributed by atoms with Crippen LogP contribution in [0.3, 0.4) is 0 Å². The maximum absolute atomic E-state index is 13.5. The number of rotatable bonds is 6. The first-order valence-corrected chi connectivity index (χ1v) is 10.8. The third-order valence-electron chi connectivity index (χ3n) is 5.88. The fourth-order valence-corrected chi connectivity index (χ4v) is 4.36. The lowest BCUT2D eigenvalue weighted by Gasteiger charge is -2.21. The topological polar surface area (TPSA) is 79.6 Å². The van der Waals surface area contributed by atoms with Crippen molar-refractivity contribution in [3.05, 3.63) is 65.1 Å². The molecule has 2 heterocycles. The van der Waals surface area contributed by atoms with Crippen molar-refractivity contribution in [2.24, 2.45) is 0 Å². The summed E-state index contributed by atoms with van der Waals surface area (Å²) in [5.41, 5.74) is -0.320. The lowest BCUT2D eigenvalue weighted by Crippen LogP contribution is -2.47. The summed E-state index contributed by atoms with van der Waals surface area (Å²) >= 11 is 5.84. The number of amides is 1. The number of Topliss-reactive ketones (excluding diaryl/α,β-unsaturated/α-hetero) is 1. The van der Waals surface area contributed by atoms with E-state index in [1.165, 1.54) is 17.0 Å². The zero-order valence-corrected chi connectivity index (χ0v) is 18.2. The van der Waals surface area contributed by atoms with Gasteiger partial charge < -0.3 is 10.0 Å². The maximum Gasteiger partial charge on any atom is 0.266 e. The summed E-state index contributed by atoms with van der Waals surface area (Å²) in [5, 5.41) is 11.9. The molecule has 3 aromatic rings. The second-order valence-corrected chi connectivity index (χ2v) is 8.38. The van der Waals surface area contributed by atoms with Crippen molar-refractivity contribution in [1.29, 1.82) is 0 Å². The van der Waals surface area contributed by atoms with E-state index in [1.807, 2.05) is 0 Å². The second kappa shape index (κ2) is 8.48. The average molecular weight is 457 g/mol. The summed E-state index contributed by atoms with van der Waals surface area (Å²) in [6.45, 7) is 1.97. The van der Waals surface area contributed by atoms with Gasteiger partial charge in [0.25, 0.3) is 5.91 Å². The third-order valence-corrected chi connectivity index (χ3v) is 6.10. The van der Waals surface area contributed by atoms with E-state index in [0.717, 1.165) is 10.9 Å². The van der Waals surface area contributed by atoms with E-state index in [1.54, 1.807) is 48.0 Å². The molecule has 1 aliphatic heterocycles. The standard InChI is InChI=1S/C24H22ClFN2O4/c1-2-22(30)28-9-7-16-13-19(4-5-20(16)28)27-10-8-24(32,23(27)31)21(29)6-3-15-11-17(25)14-18(26)12-15/h4-5,7,9,11-14,32H,2-3,6,8,10H2,1H3. The van der Waals surface area contributed by atoms with Gasteiger partial charge in [-0.05, 0) is 54.4 Å². The lowest BCUT2D eigenvalue weighted by atomic mass is 9.92. The van der Waals surface area contributed by atoms with E-state index < -0.39 is 23.1 Å². The number of nitrogens with zero attached hydrogens (tertiary/aromatic N) is 2. The van der Waals surface area contributed by atoms with Crippen LogP contribution in [0.2, 0.25) is 5.02 Å². The number of aryl methyl sites for hydroxylation is 1. The van der Waals surface area contributed by atoms with Crippen LogP contribution in [0.5, 0.6) is 0 Å². The molecule has 1 aromatic heterocycles. The van der Waals surface area contributed by atoms with Crippen molar-refractivity contribution in [1.82, 2.24) is 4.57 Å². The fraction of sp³-hybridized carbons (Fsp3) is 0.292. The quantitative estimate of drug-likeness (QED) is 0.565. The van der Waals surface area contributed by atoms with Crippen LogP contribution < -0.4 is 4.90 Å². The van der Waals surface area contributed by atoms with Gasteiger partial charge in [-0.2, -0.15) is 0 Å². The number of carbonyl (C=O) groups is 3. The van der Waals surface area contributed by atoms with Gasteiger partial charge in [0, 0.05) is 48.1 Å². The number of hydrogen-bond donors (Lipinski definition) is 1. The number of hydrogen-bond acceptors (Lipinski definition) is 4. The lowest BCUT2D eigenvalue weighted by molar-refractivity contribution is -0.147. The Morgan fingerprint density at radius 3 is 2.69 bits per heavy atom. The Labute approximate surface area is 189 Å². The summed E-state index contributed by atoms with van der Waals surface area (Å²) in [5.74, 6) is -1.83. The molecule has 1 N–H and O–H groups in total. The molecule has 1 atom stereocenters. The number of anilines is 1. The number of carbonyl (C=O) groups excluding carboxylic acids is 3. The van der Waals surface area contributed by atoms with E-state index in [9.17, 15) is 23.9 Å². The molecular weight excluding hydrogens is 435 g/mol. The fourth-order valence-electron chi connectivity index (χ4n) is 4.12. The van der Waals surface area contributed by atoms with E-state index in [0.29, 0.717) is 17.7 Å². The Balaban J connectivity index is 1.51. The molecular formula is C24H22ClFN2O4. The van der Waals surface area contributed by atoms with E-state index in [2.05, 4.69) is 0 Å². The smallest absolute Gasteiger partial charge is 0.266 e. The molecule has 0 spiro atoms. The molecule has 0 aliphatic carbocycles. The summed E-state index contributed by atoms with van der Waals surface area (Å²) in [7, 11) is 0. The number of halogens is 2. The number of benzene rings is 2. The highest BCUT2D eigenvalue weighted by atomic mass is 35.5. The molecule has 0 radical (unpaired) electrons. The molecule has 32 heavy (non-hydrogen) atoms. The van der Waals surface area contributed by atoms with Gasteiger partial charge in [0.1, 0.15) is 5.82 Å². The first-order valence-electron chi connectivity index (χ1n) is 10.4. The zero-order valence-electron chi connectivity index (χ0n) is 17.5. The van der Waals surface area contributed by atoms with Crippen molar-refractivity contribution in [2.75, 3.05) is 11.4 Å². The largest absolute Gasteiger partial charge is 0.373 e. The predicted molar refractivity (Wildman–Crippen MR) is 120 cm³/mol. The Bertz CT molecular complexity index is 1220. The Hall–Kier alpha value is -3.03. The number of fused-ring (bicyclic) bond motifs is 1. The van der Waals surface area contributed by atoms with Crippen LogP contribution in [0.4, 0.5) is 10.1 Å². The average Bonchev–Trinajstić information content (AvgIpc) is 3.32. The molecule has 1 amide bonds. The van der Waals surface area contributed by atoms with E-state index in [4.69, 9.17) is 11.6 Å². The number of aromatic nitrogens is 1. The normalized spacial score (nSPS) is 18.5. The Morgan fingerprint density at radius 2 is 1.97 bits per heavy atom. The van der Waals surface area contributed by atoms with Crippen molar-refractivity contribution >= 4 is 45.8 Å². The zero-order chi connectivity index (χ0) is 23.0. The van der Waals surface area contributed by atoms with Gasteiger partial charge in [-0.25, -0.2) is 4.39 Å². The molecule has 166 valence electrons. The predicted octanol–water partition coefficient (Wildman–Crippen LogP) is 4.15. The van der Waals surface area contributed by atoms with E-state index >= 15 is 0 Å². The minimum atomic E-state index is -2.11. The molecule has 1 fully saturated rings. The molecule has 0 bridgehead atoms. The van der Waals surface area contributed by atoms with E-state index in [-0.39, 0.29) is 36.7 Å². The minimum Gasteiger partial charge on any atom is -0.373 e. The van der Waals surface area contributed by atoms with Gasteiger partial charge in [0.05, 0.1) is 5.52 Å². The molecule has 1 saturated heterocycles. The van der Waals surface area contributed by atoms with Crippen molar-refractivity contribution in [3.8, 4) is 0 Å². The van der Waals surface area contributed by atoms with Crippen LogP contribution >= 0.6 is 11.6 Å². The van der Waals surface area contributed by atoms with Gasteiger partial charge in [-0.15, -0.1) is 0 Å². The number of aliphatic hydroxyl groups is 1. The van der Waals surface area contributed by atoms with Gasteiger partial charge in [-0.1, -0.05) is 18.5 Å². The molecule has 1 aliphatic rings. The highest BCUT2D eigenvalue weighted by Crippen LogP contribution is 2.32. The monoisotopic (exact) mass is 456 g/mol. The summed E-state index contributed by atoms with van der Waals surface area (Å²) in [4.78, 5) is 39.2. The first kappa shape index (κ1) is 22.2. The highest BCUT2D eigenvalue weighted by molar-refractivity contribution is 6.30. The molecule has 2 aromatic carbocycles. The number of ketones is 1. The molecule has 6 nitrogen and oxygen atoms in total. The third kappa shape index (κ3) is 3.94. The van der Waals surface area contributed by atoms with Gasteiger partial charge in [0.2, 0.25) is 11.5 Å². The molecule has 1 unspecified atom stereocenters. The van der Waals surface area contributed by atoms with Crippen LogP contribution in [0, 0.1) is 5.82 Å². The van der Waals surface area contributed by atoms with Crippen molar-refractivity contribution < 1.29 is 23.9 Å². The Kier molecular flexibility index (Phi) is 5.88. The van der Waals surface area contributed by atoms with Crippen LogP contribution in [-0.4, -0.2) is 39.4 Å². The van der Waals surface area contributed by atoms with Crippen LogP contribution in [0.1, 0.15) is 36.5 Å². The summed E-state index contributed by atoms with van der Waals surface area (Å²) in [6.07, 6.45) is 2.08. The summed E-state index contributed by atoms with van der Waals surface area (Å²) < 4.78 is 15.1. The van der Waals surface area contributed by atoms with Crippen LogP contribution in [0.25, 0.3) is 10.9 Å². The van der Waals surface area contributed by atoms with Crippen molar-refractivity contribution in [2.45, 2.75) is 38.2 Å². The molecule has 4 rings (SSSR count). The van der Waals surface area contributed by atoms with Crippen LogP contribution in [0.15, 0.2) is 48.7 Å². The summed E-state index contributed by atoms with van der Waals surface area (Å²) in [6, 6.07) is 11.0. The Morgan fingerprint density at radius 1 is 1.19 bits per heavy atom. The molecule has 8 heteroatoms. The van der Waals surface area contributed by atoms with Crippen molar-refractivity contribution in [3.63, 3.8) is 0 Å². The molecule has 0 saturated carbocycles. The van der Waals surface area contributed by atoms with Crippen LogP contribution in [-0.2, 0) is 16.0 Å². The maximum atomic E-state index is 13.5. The SMILES string of the molecule is CCC(=O)n1ccc2cc(N3CCC(O)(C(=O)CCc4cc(F)cc(Cl)c4)C3=O)ccc21. The first-order chi connectivity index (χ1) is 15.2. The van der Waals surface area contributed by atoms with Gasteiger partial charge >= 0.3 is 0 Å².